The van der Waals surface area contributed by atoms with Crippen LogP contribution >= 0.6 is 11.6 Å². The molecule has 0 amide bonds. The van der Waals surface area contributed by atoms with Gasteiger partial charge in [-0.3, -0.25) is 4.98 Å². The molecule has 5 rings (SSSR count). The van der Waals surface area contributed by atoms with E-state index in [1.54, 1.807) is 0 Å². The van der Waals surface area contributed by atoms with Crippen LogP contribution in [0.1, 0.15) is 60.8 Å². The number of nitrogens with zero attached hydrogens (tertiary/aromatic N) is 1. The van der Waals surface area contributed by atoms with Crippen LogP contribution in [0.25, 0.3) is 11.1 Å². The van der Waals surface area contributed by atoms with Crippen molar-refractivity contribution in [2.75, 3.05) is 6.54 Å². The summed E-state index contributed by atoms with van der Waals surface area (Å²) in [7, 11) is 0. The van der Waals surface area contributed by atoms with Crippen LogP contribution in [-0.2, 0) is 23.4 Å². The summed E-state index contributed by atoms with van der Waals surface area (Å²) in [5.41, 5.74) is 12.3. The summed E-state index contributed by atoms with van der Waals surface area (Å²) in [6, 6.07) is 14.7. The first-order valence-electron chi connectivity index (χ1n) is 12.4. The van der Waals surface area contributed by atoms with E-state index >= 15 is 0 Å². The van der Waals surface area contributed by atoms with Crippen molar-refractivity contribution in [1.29, 1.82) is 0 Å². The first-order valence-corrected chi connectivity index (χ1v) is 12.8. The molecular formula is C29H33ClN2O2. The Kier molecular flexibility index (Phi) is 6.91. The standard InChI is InChI=1S/C29H33ClN2O2/c1-20-16-22(27(30)17-21(20)6-4-5-14-31)19-33-29(12-13-29)26-18-32-15-11-24(26)25-7-2-3-8-28(25)34-23-9-10-23/h2-3,7-8,11,15-18,23H,4-6,9-10,12-14,19,31H2,1H3. The highest BCUT2D eigenvalue weighted by atomic mass is 35.5. The van der Waals surface area contributed by atoms with Crippen molar-refractivity contribution in [3.05, 3.63) is 82.1 Å². The molecule has 5 heteroatoms. The maximum atomic E-state index is 6.68. The van der Waals surface area contributed by atoms with E-state index in [4.69, 9.17) is 26.8 Å². The molecule has 0 unspecified atom stereocenters. The number of halogens is 1. The zero-order valence-corrected chi connectivity index (χ0v) is 20.6. The Morgan fingerprint density at radius 2 is 1.88 bits per heavy atom. The van der Waals surface area contributed by atoms with Crippen LogP contribution in [0.4, 0.5) is 0 Å². The minimum absolute atomic E-state index is 0.326. The molecule has 2 aliphatic carbocycles. The number of aromatic nitrogens is 1. The number of hydrogen-bond acceptors (Lipinski definition) is 4. The van der Waals surface area contributed by atoms with Crippen LogP contribution in [0.15, 0.2) is 54.9 Å². The van der Waals surface area contributed by atoms with Gasteiger partial charge in [0.1, 0.15) is 5.75 Å². The molecule has 2 fully saturated rings. The van der Waals surface area contributed by atoms with Crippen LogP contribution in [0.2, 0.25) is 5.02 Å². The quantitative estimate of drug-likeness (QED) is 0.311. The number of nitrogens with two attached hydrogens (primary N) is 1. The van der Waals surface area contributed by atoms with Crippen molar-refractivity contribution >= 4 is 11.6 Å². The molecule has 0 aliphatic heterocycles. The highest BCUT2D eigenvalue weighted by Gasteiger charge is 2.47. The number of ether oxygens (including phenoxy) is 2. The molecule has 34 heavy (non-hydrogen) atoms. The highest BCUT2D eigenvalue weighted by Crippen LogP contribution is 2.53. The van der Waals surface area contributed by atoms with E-state index in [1.165, 1.54) is 11.1 Å². The van der Waals surface area contributed by atoms with Gasteiger partial charge in [0.05, 0.1) is 18.3 Å². The lowest BCUT2D eigenvalue weighted by molar-refractivity contribution is 0.0173. The normalized spacial score (nSPS) is 16.4. The summed E-state index contributed by atoms with van der Waals surface area (Å²) in [5, 5.41) is 0.777. The summed E-state index contributed by atoms with van der Waals surface area (Å²) in [5.74, 6) is 0.942. The Hall–Kier alpha value is -2.40. The summed E-state index contributed by atoms with van der Waals surface area (Å²) in [4.78, 5) is 4.46. The Balaban J connectivity index is 1.36. The smallest absolute Gasteiger partial charge is 0.127 e. The largest absolute Gasteiger partial charge is 0.490 e. The zero-order valence-electron chi connectivity index (χ0n) is 19.9. The lowest BCUT2D eigenvalue weighted by Crippen LogP contribution is -2.14. The molecular weight excluding hydrogens is 444 g/mol. The molecule has 0 saturated heterocycles. The van der Waals surface area contributed by atoms with Gasteiger partial charge in [-0.25, -0.2) is 0 Å². The summed E-state index contributed by atoms with van der Waals surface area (Å²) < 4.78 is 12.8. The Labute approximate surface area is 207 Å². The predicted octanol–water partition coefficient (Wildman–Crippen LogP) is 6.74. The second-order valence-corrected chi connectivity index (χ2v) is 10.0. The van der Waals surface area contributed by atoms with Crippen LogP contribution in [0.5, 0.6) is 5.75 Å². The fourth-order valence-corrected chi connectivity index (χ4v) is 4.83. The van der Waals surface area contributed by atoms with Crippen LogP contribution in [0, 0.1) is 6.92 Å². The minimum atomic E-state index is -0.326. The van der Waals surface area contributed by atoms with E-state index < -0.39 is 0 Å². The molecule has 2 N–H and O–H groups in total. The number of hydrogen-bond donors (Lipinski definition) is 1. The van der Waals surface area contributed by atoms with Crippen molar-refractivity contribution in [2.24, 2.45) is 5.73 Å². The third-order valence-corrected chi connectivity index (χ3v) is 7.27. The van der Waals surface area contributed by atoms with Gasteiger partial charge in [0.25, 0.3) is 0 Å². The van der Waals surface area contributed by atoms with Crippen molar-refractivity contribution in [1.82, 2.24) is 4.98 Å². The predicted molar refractivity (Wildman–Crippen MR) is 137 cm³/mol. The van der Waals surface area contributed by atoms with Crippen molar-refractivity contribution < 1.29 is 9.47 Å². The topological polar surface area (TPSA) is 57.4 Å². The number of unbranched alkanes of at least 4 members (excludes halogenated alkanes) is 1. The van der Waals surface area contributed by atoms with Crippen LogP contribution in [-0.4, -0.2) is 17.6 Å². The summed E-state index contributed by atoms with van der Waals surface area (Å²) in [6.45, 7) is 3.37. The average Bonchev–Trinajstić information content (AvgIpc) is 3.78. The van der Waals surface area contributed by atoms with Gasteiger partial charge in [0, 0.05) is 28.5 Å². The maximum absolute atomic E-state index is 6.68. The Morgan fingerprint density at radius 1 is 1.06 bits per heavy atom. The second kappa shape index (κ2) is 10.1. The first-order chi connectivity index (χ1) is 16.6. The molecule has 2 aromatic carbocycles. The first kappa shape index (κ1) is 23.3. The van der Waals surface area contributed by atoms with E-state index in [9.17, 15) is 0 Å². The molecule has 0 spiro atoms. The summed E-state index contributed by atoms with van der Waals surface area (Å²) in [6.07, 6.45) is 11.5. The highest BCUT2D eigenvalue weighted by molar-refractivity contribution is 6.31. The van der Waals surface area contributed by atoms with Crippen LogP contribution in [0.3, 0.4) is 0 Å². The third-order valence-electron chi connectivity index (χ3n) is 6.92. The molecule has 0 atom stereocenters. The van der Waals surface area contributed by atoms with E-state index in [2.05, 4.69) is 48.3 Å². The molecule has 3 aromatic rings. The summed E-state index contributed by atoms with van der Waals surface area (Å²) >= 11 is 6.68. The van der Waals surface area contributed by atoms with Gasteiger partial charge in [-0.05, 0) is 98.9 Å². The number of pyridine rings is 1. The van der Waals surface area contributed by atoms with Gasteiger partial charge < -0.3 is 15.2 Å². The zero-order chi connectivity index (χ0) is 23.5. The number of rotatable bonds is 11. The number of benzene rings is 2. The lowest BCUT2D eigenvalue weighted by atomic mass is 9.96. The molecule has 0 radical (unpaired) electrons. The van der Waals surface area contributed by atoms with Gasteiger partial charge in [0.15, 0.2) is 0 Å². The Bertz CT molecular complexity index is 1150. The van der Waals surface area contributed by atoms with E-state index in [0.29, 0.717) is 12.7 Å². The van der Waals surface area contributed by atoms with E-state index in [-0.39, 0.29) is 5.60 Å². The fraction of sp³-hybridized carbons (Fsp3) is 0.414. The maximum Gasteiger partial charge on any atom is 0.127 e. The molecule has 178 valence electrons. The Morgan fingerprint density at radius 3 is 2.65 bits per heavy atom. The fourth-order valence-electron chi connectivity index (χ4n) is 4.59. The molecule has 2 aliphatic rings. The van der Waals surface area contributed by atoms with E-state index in [0.717, 1.165) is 84.5 Å². The van der Waals surface area contributed by atoms with Gasteiger partial charge >= 0.3 is 0 Å². The minimum Gasteiger partial charge on any atom is -0.490 e. The molecule has 1 aromatic heterocycles. The SMILES string of the molecule is Cc1cc(COC2(c3cnccc3-c3ccccc3OC3CC3)CC2)c(Cl)cc1CCCCN. The third kappa shape index (κ3) is 5.14. The van der Waals surface area contributed by atoms with Crippen molar-refractivity contribution in [2.45, 2.75) is 70.2 Å². The van der Waals surface area contributed by atoms with Gasteiger partial charge in [-0.15, -0.1) is 0 Å². The molecule has 1 heterocycles. The van der Waals surface area contributed by atoms with Gasteiger partial charge in [-0.2, -0.15) is 0 Å². The molecule has 0 bridgehead atoms. The number of para-hydroxylation sites is 1. The van der Waals surface area contributed by atoms with Gasteiger partial charge in [-0.1, -0.05) is 35.9 Å². The molecule has 2 saturated carbocycles. The van der Waals surface area contributed by atoms with E-state index in [1.807, 2.05) is 18.5 Å². The lowest BCUT2D eigenvalue weighted by Gasteiger charge is -2.22. The van der Waals surface area contributed by atoms with Crippen LogP contribution < -0.4 is 10.5 Å². The second-order valence-electron chi connectivity index (χ2n) is 9.63. The van der Waals surface area contributed by atoms with Crippen molar-refractivity contribution in [3.8, 4) is 16.9 Å². The average molecular weight is 477 g/mol. The molecule has 4 nitrogen and oxygen atoms in total. The van der Waals surface area contributed by atoms with Crippen molar-refractivity contribution in [3.63, 3.8) is 0 Å². The monoisotopic (exact) mass is 476 g/mol. The number of aryl methyl sites for hydroxylation is 2. The van der Waals surface area contributed by atoms with Gasteiger partial charge in [0.2, 0.25) is 0 Å².